The van der Waals surface area contributed by atoms with E-state index in [1.807, 2.05) is 6.92 Å². The minimum atomic E-state index is -3.69. The van der Waals surface area contributed by atoms with Gasteiger partial charge in [-0.1, -0.05) is 6.07 Å². The van der Waals surface area contributed by atoms with Crippen molar-refractivity contribution in [1.29, 1.82) is 0 Å². The smallest absolute Gasteiger partial charge is 0.244 e. The fourth-order valence-corrected chi connectivity index (χ4v) is 3.35. The molecule has 6 heteroatoms. The van der Waals surface area contributed by atoms with E-state index in [1.165, 1.54) is 13.4 Å². The Hall–Kier alpha value is -1.79. The van der Waals surface area contributed by atoms with Gasteiger partial charge in [-0.25, -0.2) is 13.1 Å². The normalized spacial score (nSPS) is 13.2. The van der Waals surface area contributed by atoms with E-state index in [-0.39, 0.29) is 4.90 Å². The zero-order chi connectivity index (χ0) is 14.8. The largest absolute Gasteiger partial charge is 0.495 e. The molecular weight excluding hydrogens is 278 g/mol. The molecule has 1 unspecified atom stereocenters. The van der Waals surface area contributed by atoms with E-state index in [0.717, 1.165) is 5.56 Å². The summed E-state index contributed by atoms with van der Waals surface area (Å²) in [5.41, 5.74) is 0.844. The van der Waals surface area contributed by atoms with Crippen LogP contribution in [0.15, 0.2) is 45.9 Å². The van der Waals surface area contributed by atoms with E-state index in [1.54, 1.807) is 37.3 Å². The van der Waals surface area contributed by atoms with Crippen molar-refractivity contribution in [3.05, 3.63) is 47.9 Å². The Balaban J connectivity index is 2.33. The number of rotatable bonds is 5. The SMILES string of the molecule is COc1ccc(C)cc1S(=O)(=O)NC(C)c1ccco1. The molecule has 1 N–H and O–H groups in total. The number of methoxy groups -OCH3 is 1. The van der Waals surface area contributed by atoms with Gasteiger partial charge in [0.05, 0.1) is 19.4 Å². The van der Waals surface area contributed by atoms with E-state index in [9.17, 15) is 8.42 Å². The van der Waals surface area contributed by atoms with Gasteiger partial charge in [0.2, 0.25) is 10.0 Å². The minimum absolute atomic E-state index is 0.124. The van der Waals surface area contributed by atoms with E-state index >= 15 is 0 Å². The van der Waals surface area contributed by atoms with Crippen molar-refractivity contribution in [3.8, 4) is 5.75 Å². The number of benzene rings is 1. The summed E-state index contributed by atoms with van der Waals surface area (Å²) in [5.74, 6) is 0.870. The average molecular weight is 295 g/mol. The lowest BCUT2D eigenvalue weighted by Crippen LogP contribution is -2.27. The zero-order valence-corrected chi connectivity index (χ0v) is 12.4. The predicted octanol–water partition coefficient (Wildman–Crippen LogP) is 2.64. The second-order valence-corrected chi connectivity index (χ2v) is 6.20. The molecule has 1 atom stereocenters. The second-order valence-electron chi connectivity index (χ2n) is 4.51. The first-order valence-corrected chi connectivity index (χ1v) is 7.63. The minimum Gasteiger partial charge on any atom is -0.495 e. The highest BCUT2D eigenvalue weighted by molar-refractivity contribution is 7.89. The molecular formula is C14H17NO4S. The van der Waals surface area contributed by atoms with Crippen molar-refractivity contribution in [1.82, 2.24) is 4.72 Å². The lowest BCUT2D eigenvalue weighted by atomic mass is 10.2. The zero-order valence-electron chi connectivity index (χ0n) is 11.6. The molecule has 0 spiro atoms. The van der Waals surface area contributed by atoms with Crippen LogP contribution in [0, 0.1) is 6.92 Å². The van der Waals surface area contributed by atoms with Gasteiger partial charge in [-0.2, -0.15) is 0 Å². The summed E-state index contributed by atoms with van der Waals surface area (Å²) in [6, 6.07) is 8.00. The lowest BCUT2D eigenvalue weighted by molar-refractivity contribution is 0.401. The van der Waals surface area contributed by atoms with Gasteiger partial charge < -0.3 is 9.15 Å². The van der Waals surface area contributed by atoms with Gasteiger partial charge in [-0.15, -0.1) is 0 Å². The third-order valence-electron chi connectivity index (χ3n) is 2.91. The summed E-state index contributed by atoms with van der Waals surface area (Å²) >= 11 is 0. The number of ether oxygens (including phenoxy) is 1. The molecule has 5 nitrogen and oxygen atoms in total. The summed E-state index contributed by atoms with van der Waals surface area (Å²) in [6.07, 6.45) is 1.51. The van der Waals surface area contributed by atoms with Gasteiger partial charge >= 0.3 is 0 Å². The summed E-state index contributed by atoms with van der Waals surface area (Å²) < 4.78 is 37.8. The number of aryl methyl sites for hydroxylation is 1. The molecule has 1 heterocycles. The van der Waals surface area contributed by atoms with Crippen LogP contribution in [0.2, 0.25) is 0 Å². The van der Waals surface area contributed by atoms with Gasteiger partial charge in [-0.3, -0.25) is 0 Å². The Morgan fingerprint density at radius 2 is 2.05 bits per heavy atom. The Morgan fingerprint density at radius 3 is 2.65 bits per heavy atom. The second kappa shape index (κ2) is 5.68. The van der Waals surface area contributed by atoms with Crippen LogP contribution < -0.4 is 9.46 Å². The molecule has 0 saturated heterocycles. The molecule has 0 amide bonds. The van der Waals surface area contributed by atoms with Gasteiger partial charge in [0.25, 0.3) is 0 Å². The third-order valence-corrected chi connectivity index (χ3v) is 4.47. The molecule has 0 aliphatic heterocycles. The van der Waals surface area contributed by atoms with Crippen LogP contribution in [0.3, 0.4) is 0 Å². The van der Waals surface area contributed by atoms with Crippen molar-refractivity contribution in [2.75, 3.05) is 7.11 Å². The number of sulfonamides is 1. The maximum atomic E-state index is 12.4. The average Bonchev–Trinajstić information content (AvgIpc) is 2.92. The highest BCUT2D eigenvalue weighted by Crippen LogP contribution is 2.26. The topological polar surface area (TPSA) is 68.5 Å². The Kier molecular flexibility index (Phi) is 4.15. The van der Waals surface area contributed by atoms with Crippen molar-refractivity contribution >= 4 is 10.0 Å². The van der Waals surface area contributed by atoms with Crippen LogP contribution in [0.4, 0.5) is 0 Å². The van der Waals surface area contributed by atoms with Crippen molar-refractivity contribution in [3.63, 3.8) is 0 Å². The van der Waals surface area contributed by atoms with Crippen LogP contribution >= 0.6 is 0 Å². The highest BCUT2D eigenvalue weighted by atomic mass is 32.2. The van der Waals surface area contributed by atoms with Crippen molar-refractivity contribution in [2.45, 2.75) is 24.8 Å². The molecule has 2 rings (SSSR count). The molecule has 0 saturated carbocycles. The van der Waals surface area contributed by atoms with Crippen molar-refractivity contribution in [2.24, 2.45) is 0 Å². The van der Waals surface area contributed by atoms with E-state index < -0.39 is 16.1 Å². The van der Waals surface area contributed by atoms with E-state index in [0.29, 0.717) is 11.5 Å². The fourth-order valence-electron chi connectivity index (χ4n) is 1.89. The molecule has 0 bridgehead atoms. The molecule has 20 heavy (non-hydrogen) atoms. The first kappa shape index (κ1) is 14.6. The number of hydrogen-bond acceptors (Lipinski definition) is 4. The first-order chi connectivity index (χ1) is 9.44. The van der Waals surface area contributed by atoms with Crippen LogP contribution in [-0.2, 0) is 10.0 Å². The standard InChI is InChI=1S/C14H17NO4S/c1-10-6-7-13(18-3)14(9-10)20(16,17)15-11(2)12-5-4-8-19-12/h4-9,11,15H,1-3H3. The van der Waals surface area contributed by atoms with E-state index in [4.69, 9.17) is 9.15 Å². The fraction of sp³-hybridized carbons (Fsp3) is 0.286. The quantitative estimate of drug-likeness (QED) is 0.920. The molecule has 2 aromatic rings. The summed E-state index contributed by atoms with van der Waals surface area (Å²) in [6.45, 7) is 3.55. The van der Waals surface area contributed by atoms with Gasteiger partial charge in [-0.05, 0) is 43.7 Å². The van der Waals surface area contributed by atoms with Crippen LogP contribution in [0.25, 0.3) is 0 Å². The molecule has 0 fully saturated rings. The summed E-state index contributed by atoms with van der Waals surface area (Å²) in [5, 5.41) is 0. The molecule has 1 aromatic carbocycles. The summed E-state index contributed by atoms with van der Waals surface area (Å²) in [7, 11) is -2.24. The Bertz CT molecular complexity index is 677. The first-order valence-electron chi connectivity index (χ1n) is 6.14. The number of furan rings is 1. The molecule has 108 valence electrons. The third kappa shape index (κ3) is 3.02. The van der Waals surface area contributed by atoms with E-state index in [2.05, 4.69) is 4.72 Å². The van der Waals surface area contributed by atoms with Gasteiger partial charge in [0, 0.05) is 0 Å². The molecule has 0 aliphatic carbocycles. The Labute approximate surface area is 118 Å². The molecule has 0 radical (unpaired) electrons. The van der Waals surface area contributed by atoms with Crippen molar-refractivity contribution < 1.29 is 17.6 Å². The summed E-state index contributed by atoms with van der Waals surface area (Å²) in [4.78, 5) is 0.124. The Morgan fingerprint density at radius 1 is 1.30 bits per heavy atom. The lowest BCUT2D eigenvalue weighted by Gasteiger charge is -2.14. The van der Waals surface area contributed by atoms with Gasteiger partial charge in [0.1, 0.15) is 16.4 Å². The molecule has 0 aliphatic rings. The maximum absolute atomic E-state index is 12.4. The maximum Gasteiger partial charge on any atom is 0.244 e. The molecule has 1 aromatic heterocycles. The predicted molar refractivity (Wildman–Crippen MR) is 75.2 cm³/mol. The van der Waals surface area contributed by atoms with Crippen LogP contribution in [0.1, 0.15) is 24.3 Å². The number of nitrogens with one attached hydrogen (secondary N) is 1. The monoisotopic (exact) mass is 295 g/mol. The van der Waals surface area contributed by atoms with Crippen LogP contribution in [0.5, 0.6) is 5.75 Å². The highest BCUT2D eigenvalue weighted by Gasteiger charge is 2.23. The van der Waals surface area contributed by atoms with Crippen LogP contribution in [-0.4, -0.2) is 15.5 Å². The number of hydrogen-bond donors (Lipinski definition) is 1. The van der Waals surface area contributed by atoms with Gasteiger partial charge in [0.15, 0.2) is 0 Å².